The third-order valence-corrected chi connectivity index (χ3v) is 7.60. The van der Waals surface area contributed by atoms with Crippen LogP contribution in [0.5, 0.6) is 0 Å². The molecule has 0 saturated heterocycles. The van der Waals surface area contributed by atoms with E-state index in [2.05, 4.69) is 57.2 Å². The minimum Gasteiger partial charge on any atom is -0.385 e. The lowest BCUT2D eigenvalue weighted by Crippen LogP contribution is -2.19. The minimum absolute atomic E-state index is 0.0599. The van der Waals surface area contributed by atoms with Gasteiger partial charge in [-0.2, -0.15) is 0 Å². The highest BCUT2D eigenvalue weighted by Crippen LogP contribution is 2.15. The summed E-state index contributed by atoms with van der Waals surface area (Å²) in [4.78, 5) is 12.2. The standard InChI is InChI=1S/C36H66O2/c1-4-6-8-9-10-11-12-13-14-15-16-17-21-24-28-32-35(37)36(38)33-29-25-22-19-18-20-23-27-31-34(3)30-26-7-5-2/h10-11,13-14,23,27,34,36,38H,4-9,12,15-22,24-26,28-33H2,1-3H3/b11-10-,14-13-,27-23-. The fourth-order valence-corrected chi connectivity index (χ4v) is 4.88. The molecule has 0 aromatic carbocycles. The van der Waals surface area contributed by atoms with Gasteiger partial charge in [-0.25, -0.2) is 0 Å². The van der Waals surface area contributed by atoms with Crippen molar-refractivity contribution < 1.29 is 9.90 Å². The highest BCUT2D eigenvalue weighted by atomic mass is 16.3. The first-order chi connectivity index (χ1) is 18.6. The summed E-state index contributed by atoms with van der Waals surface area (Å²) in [6.45, 7) is 6.89. The number of unbranched alkanes of at least 4 members (excludes halogenated alkanes) is 15. The fraction of sp³-hybridized carbons (Fsp3) is 0.806. The summed E-state index contributed by atoms with van der Waals surface area (Å²) in [5, 5.41) is 10.2. The number of carbonyl (C=O) groups excluding carboxylic acids is 1. The number of Topliss-reactive ketones (excluding diaryl/α,β-unsaturated/α-hetero) is 1. The lowest BCUT2D eigenvalue weighted by atomic mass is 9.99. The van der Waals surface area contributed by atoms with Crippen molar-refractivity contribution in [2.45, 2.75) is 181 Å². The van der Waals surface area contributed by atoms with E-state index in [0.29, 0.717) is 12.8 Å². The van der Waals surface area contributed by atoms with Gasteiger partial charge in [0.15, 0.2) is 5.78 Å². The van der Waals surface area contributed by atoms with Gasteiger partial charge < -0.3 is 5.11 Å². The molecule has 1 N–H and O–H groups in total. The number of hydrogen-bond donors (Lipinski definition) is 1. The lowest BCUT2D eigenvalue weighted by molar-refractivity contribution is -0.127. The van der Waals surface area contributed by atoms with Crippen LogP contribution in [0.3, 0.4) is 0 Å². The van der Waals surface area contributed by atoms with Crippen LogP contribution in [-0.2, 0) is 4.79 Å². The molecule has 222 valence electrons. The lowest BCUT2D eigenvalue weighted by Gasteiger charge is -2.09. The van der Waals surface area contributed by atoms with Crippen molar-refractivity contribution in [2.24, 2.45) is 5.92 Å². The van der Waals surface area contributed by atoms with E-state index in [9.17, 15) is 9.90 Å². The van der Waals surface area contributed by atoms with E-state index < -0.39 is 6.10 Å². The van der Waals surface area contributed by atoms with Crippen LogP contribution in [0, 0.1) is 5.92 Å². The molecule has 0 rings (SSSR count). The van der Waals surface area contributed by atoms with Gasteiger partial charge >= 0.3 is 0 Å². The number of aliphatic hydroxyl groups excluding tert-OH is 1. The zero-order valence-corrected chi connectivity index (χ0v) is 25.9. The van der Waals surface area contributed by atoms with Crippen LogP contribution in [-0.4, -0.2) is 17.0 Å². The Kier molecular flexibility index (Phi) is 29.5. The average Bonchev–Trinajstić information content (AvgIpc) is 2.91. The Bertz CT molecular complexity index is 574. The Labute approximate surface area is 238 Å². The molecule has 0 bridgehead atoms. The van der Waals surface area contributed by atoms with E-state index in [1.807, 2.05) is 0 Å². The normalized spacial score (nSPS) is 13.8. The molecule has 0 aliphatic heterocycles. The van der Waals surface area contributed by atoms with Crippen molar-refractivity contribution >= 4 is 5.78 Å². The molecule has 0 saturated carbocycles. The summed E-state index contributed by atoms with van der Waals surface area (Å²) < 4.78 is 0. The number of rotatable bonds is 29. The Hall–Kier alpha value is -1.15. The van der Waals surface area contributed by atoms with Crippen molar-refractivity contribution in [3.8, 4) is 0 Å². The van der Waals surface area contributed by atoms with Gasteiger partial charge in [0.2, 0.25) is 0 Å². The van der Waals surface area contributed by atoms with Gasteiger partial charge in [0.25, 0.3) is 0 Å². The summed E-state index contributed by atoms with van der Waals surface area (Å²) in [5.74, 6) is 0.881. The van der Waals surface area contributed by atoms with E-state index in [-0.39, 0.29) is 5.78 Å². The maximum absolute atomic E-state index is 12.2. The van der Waals surface area contributed by atoms with Crippen LogP contribution in [0.1, 0.15) is 175 Å². The largest absolute Gasteiger partial charge is 0.385 e. The van der Waals surface area contributed by atoms with Gasteiger partial charge in [0.1, 0.15) is 6.10 Å². The minimum atomic E-state index is -0.733. The number of allylic oxidation sites excluding steroid dienone is 6. The Morgan fingerprint density at radius 2 is 1.05 bits per heavy atom. The number of aliphatic hydroxyl groups is 1. The molecule has 2 atom stereocenters. The molecule has 2 heteroatoms. The first-order valence-corrected chi connectivity index (χ1v) is 16.8. The predicted molar refractivity (Wildman–Crippen MR) is 170 cm³/mol. The van der Waals surface area contributed by atoms with Crippen molar-refractivity contribution in [3.63, 3.8) is 0 Å². The molecule has 0 spiro atoms. The molecule has 0 aliphatic carbocycles. The van der Waals surface area contributed by atoms with Gasteiger partial charge in [-0.1, -0.05) is 141 Å². The quantitative estimate of drug-likeness (QED) is 0.0771. The second-order valence-electron chi connectivity index (χ2n) is 11.6. The third kappa shape index (κ3) is 27.9. The van der Waals surface area contributed by atoms with Crippen molar-refractivity contribution in [3.05, 3.63) is 36.5 Å². The molecule has 0 aromatic rings. The maximum Gasteiger partial charge on any atom is 0.161 e. The Morgan fingerprint density at radius 3 is 1.68 bits per heavy atom. The van der Waals surface area contributed by atoms with Crippen LogP contribution >= 0.6 is 0 Å². The molecular formula is C36H66O2. The molecule has 0 aliphatic rings. The zero-order valence-electron chi connectivity index (χ0n) is 25.9. The Balaban J connectivity index is 3.47. The van der Waals surface area contributed by atoms with Gasteiger partial charge in [-0.3, -0.25) is 4.79 Å². The van der Waals surface area contributed by atoms with E-state index in [4.69, 9.17) is 0 Å². The van der Waals surface area contributed by atoms with Crippen LogP contribution in [0.15, 0.2) is 36.5 Å². The monoisotopic (exact) mass is 531 g/mol. The summed E-state index contributed by atoms with van der Waals surface area (Å²) >= 11 is 0. The fourth-order valence-electron chi connectivity index (χ4n) is 4.88. The first kappa shape index (κ1) is 36.8. The SMILES string of the molecule is CCCCC/C=C\C/C=C\CCCCCCCC(=O)C(O)CCCCCCC/C=C\CC(C)CCCCC. The molecule has 2 nitrogen and oxygen atoms in total. The highest BCUT2D eigenvalue weighted by Gasteiger charge is 2.13. The number of ketones is 1. The molecule has 38 heavy (non-hydrogen) atoms. The molecular weight excluding hydrogens is 464 g/mol. The summed E-state index contributed by atoms with van der Waals surface area (Å²) in [7, 11) is 0. The predicted octanol–water partition coefficient (Wildman–Crippen LogP) is 11.6. The number of hydrogen-bond acceptors (Lipinski definition) is 2. The van der Waals surface area contributed by atoms with Crippen LogP contribution in [0.2, 0.25) is 0 Å². The third-order valence-electron chi connectivity index (χ3n) is 7.60. The first-order valence-electron chi connectivity index (χ1n) is 16.8. The van der Waals surface area contributed by atoms with Gasteiger partial charge in [-0.05, 0) is 70.1 Å². The molecule has 0 radical (unpaired) electrons. The summed E-state index contributed by atoms with van der Waals surface area (Å²) in [6, 6.07) is 0. The van der Waals surface area contributed by atoms with Crippen LogP contribution < -0.4 is 0 Å². The summed E-state index contributed by atoms with van der Waals surface area (Å²) in [6.07, 6.45) is 41.2. The second kappa shape index (κ2) is 30.4. The molecule has 2 unspecified atom stereocenters. The summed E-state index contributed by atoms with van der Waals surface area (Å²) in [5.41, 5.74) is 0. The highest BCUT2D eigenvalue weighted by molar-refractivity contribution is 5.82. The van der Waals surface area contributed by atoms with Gasteiger partial charge in [0.05, 0.1) is 0 Å². The molecule has 0 amide bonds. The van der Waals surface area contributed by atoms with E-state index in [1.165, 1.54) is 103 Å². The molecule has 0 aromatic heterocycles. The van der Waals surface area contributed by atoms with Crippen molar-refractivity contribution in [2.75, 3.05) is 0 Å². The number of carbonyl (C=O) groups is 1. The topological polar surface area (TPSA) is 37.3 Å². The van der Waals surface area contributed by atoms with E-state index >= 15 is 0 Å². The van der Waals surface area contributed by atoms with Crippen LogP contribution in [0.25, 0.3) is 0 Å². The van der Waals surface area contributed by atoms with Crippen LogP contribution in [0.4, 0.5) is 0 Å². The van der Waals surface area contributed by atoms with Crippen molar-refractivity contribution in [1.82, 2.24) is 0 Å². The maximum atomic E-state index is 12.2. The average molecular weight is 531 g/mol. The second-order valence-corrected chi connectivity index (χ2v) is 11.6. The van der Waals surface area contributed by atoms with Crippen molar-refractivity contribution in [1.29, 1.82) is 0 Å². The van der Waals surface area contributed by atoms with E-state index in [0.717, 1.165) is 44.4 Å². The molecule has 0 heterocycles. The Morgan fingerprint density at radius 1 is 0.579 bits per heavy atom. The van der Waals surface area contributed by atoms with Gasteiger partial charge in [-0.15, -0.1) is 0 Å². The molecule has 0 fully saturated rings. The zero-order chi connectivity index (χ0) is 27.9. The van der Waals surface area contributed by atoms with Gasteiger partial charge in [0, 0.05) is 6.42 Å². The van der Waals surface area contributed by atoms with E-state index in [1.54, 1.807) is 0 Å². The smallest absolute Gasteiger partial charge is 0.161 e.